The van der Waals surface area contributed by atoms with Crippen LogP contribution in [0.3, 0.4) is 0 Å². The highest BCUT2D eigenvalue weighted by Gasteiger charge is 2.10. The van der Waals surface area contributed by atoms with Crippen molar-refractivity contribution in [3.8, 4) is 5.88 Å². The number of oxime groups is 1. The summed E-state index contributed by atoms with van der Waals surface area (Å²) in [5, 5.41) is 11.6. The van der Waals surface area contributed by atoms with Gasteiger partial charge in [0.25, 0.3) is 0 Å². The SMILES string of the molecule is COCCOCCOc1nc(C)ccc1/C(N)=N/O. The molecule has 19 heavy (non-hydrogen) atoms. The molecule has 7 heteroatoms. The molecule has 0 bridgehead atoms. The lowest BCUT2D eigenvalue weighted by molar-refractivity contribution is 0.0536. The summed E-state index contributed by atoms with van der Waals surface area (Å²) >= 11 is 0. The number of nitrogens with zero attached hydrogens (tertiary/aromatic N) is 2. The van der Waals surface area contributed by atoms with E-state index in [1.54, 1.807) is 19.2 Å². The summed E-state index contributed by atoms with van der Waals surface area (Å²) in [7, 11) is 1.61. The Hall–Kier alpha value is -1.86. The van der Waals surface area contributed by atoms with Crippen LogP contribution in [0.1, 0.15) is 11.3 Å². The van der Waals surface area contributed by atoms with Crippen LogP contribution in [-0.4, -0.2) is 49.6 Å². The van der Waals surface area contributed by atoms with E-state index in [4.69, 9.17) is 25.2 Å². The van der Waals surface area contributed by atoms with Gasteiger partial charge in [-0.1, -0.05) is 5.16 Å². The molecule has 0 aromatic carbocycles. The van der Waals surface area contributed by atoms with Crippen molar-refractivity contribution in [1.82, 2.24) is 4.98 Å². The van der Waals surface area contributed by atoms with E-state index in [9.17, 15) is 0 Å². The molecule has 0 aliphatic rings. The molecule has 1 heterocycles. The second-order valence-electron chi connectivity index (χ2n) is 3.74. The molecule has 0 atom stereocenters. The molecule has 0 unspecified atom stereocenters. The molecule has 0 radical (unpaired) electrons. The van der Waals surface area contributed by atoms with Gasteiger partial charge in [0, 0.05) is 12.8 Å². The predicted octanol–water partition coefficient (Wildman–Crippen LogP) is 0.526. The third kappa shape index (κ3) is 5.11. The van der Waals surface area contributed by atoms with Gasteiger partial charge in [0.2, 0.25) is 5.88 Å². The summed E-state index contributed by atoms with van der Waals surface area (Å²) in [5.74, 6) is 0.286. The number of nitrogens with two attached hydrogens (primary N) is 1. The number of aromatic nitrogens is 1. The van der Waals surface area contributed by atoms with E-state index in [2.05, 4.69) is 10.1 Å². The first-order valence-electron chi connectivity index (χ1n) is 5.84. The molecule has 0 fully saturated rings. The van der Waals surface area contributed by atoms with Gasteiger partial charge in [-0.05, 0) is 19.1 Å². The Kier molecular flexibility index (Phi) is 6.62. The Bertz CT molecular complexity index is 423. The van der Waals surface area contributed by atoms with Crippen molar-refractivity contribution in [3.05, 3.63) is 23.4 Å². The third-order valence-electron chi connectivity index (χ3n) is 2.28. The zero-order valence-corrected chi connectivity index (χ0v) is 11.1. The summed E-state index contributed by atoms with van der Waals surface area (Å²) in [6.07, 6.45) is 0. The van der Waals surface area contributed by atoms with E-state index in [1.165, 1.54) is 0 Å². The Morgan fingerprint density at radius 3 is 2.74 bits per heavy atom. The Morgan fingerprint density at radius 2 is 2.05 bits per heavy atom. The first-order valence-corrected chi connectivity index (χ1v) is 5.84. The van der Waals surface area contributed by atoms with E-state index in [0.29, 0.717) is 37.9 Å². The molecule has 0 saturated heterocycles. The molecule has 3 N–H and O–H groups in total. The fraction of sp³-hybridized carbons (Fsp3) is 0.500. The molecule has 1 aromatic rings. The fourth-order valence-electron chi connectivity index (χ4n) is 1.33. The van der Waals surface area contributed by atoms with Gasteiger partial charge in [0.05, 0.1) is 25.4 Å². The molecule has 0 saturated carbocycles. The number of hydrogen-bond acceptors (Lipinski definition) is 6. The van der Waals surface area contributed by atoms with Gasteiger partial charge in [-0.2, -0.15) is 0 Å². The maximum atomic E-state index is 8.69. The van der Waals surface area contributed by atoms with Gasteiger partial charge < -0.3 is 25.2 Å². The molecule has 0 aliphatic carbocycles. The van der Waals surface area contributed by atoms with Gasteiger partial charge in [-0.3, -0.25) is 0 Å². The van der Waals surface area contributed by atoms with E-state index >= 15 is 0 Å². The minimum Gasteiger partial charge on any atom is -0.475 e. The molecule has 106 valence electrons. The first-order chi connectivity index (χ1) is 9.19. The third-order valence-corrected chi connectivity index (χ3v) is 2.28. The van der Waals surface area contributed by atoms with Crippen LogP contribution in [0.2, 0.25) is 0 Å². The summed E-state index contributed by atoms with van der Waals surface area (Å²) in [6.45, 7) is 3.62. The van der Waals surface area contributed by atoms with Crippen LogP contribution in [0.25, 0.3) is 0 Å². The molecular weight excluding hydrogens is 250 g/mol. The standard InChI is InChI=1S/C12H19N3O4/c1-9-3-4-10(11(13)15-16)12(14-9)19-8-7-18-6-5-17-2/h3-4,16H,5-8H2,1-2H3,(H2,13,15). The lowest BCUT2D eigenvalue weighted by Gasteiger charge is -2.10. The van der Waals surface area contributed by atoms with Gasteiger partial charge in [0.15, 0.2) is 5.84 Å². The highest BCUT2D eigenvalue weighted by molar-refractivity contribution is 5.99. The summed E-state index contributed by atoms with van der Waals surface area (Å²) < 4.78 is 15.6. The second-order valence-corrected chi connectivity index (χ2v) is 3.74. The number of rotatable bonds is 8. The van der Waals surface area contributed by atoms with Gasteiger partial charge in [-0.25, -0.2) is 4.98 Å². The quantitative estimate of drug-likeness (QED) is 0.235. The van der Waals surface area contributed by atoms with Crippen molar-refractivity contribution in [2.75, 3.05) is 33.5 Å². The normalized spacial score (nSPS) is 11.6. The maximum absolute atomic E-state index is 8.69. The van der Waals surface area contributed by atoms with Crippen molar-refractivity contribution in [1.29, 1.82) is 0 Å². The van der Waals surface area contributed by atoms with E-state index in [1.807, 2.05) is 6.92 Å². The van der Waals surface area contributed by atoms with Gasteiger partial charge >= 0.3 is 0 Å². The minimum atomic E-state index is -0.0391. The number of aryl methyl sites for hydroxylation is 1. The molecule has 1 rings (SSSR count). The van der Waals surface area contributed by atoms with E-state index in [-0.39, 0.29) is 5.84 Å². The lowest BCUT2D eigenvalue weighted by atomic mass is 10.2. The molecule has 0 spiro atoms. The fourth-order valence-corrected chi connectivity index (χ4v) is 1.33. The average molecular weight is 269 g/mol. The van der Waals surface area contributed by atoms with Crippen molar-refractivity contribution in [3.63, 3.8) is 0 Å². The van der Waals surface area contributed by atoms with Gasteiger partial charge in [-0.15, -0.1) is 0 Å². The summed E-state index contributed by atoms with van der Waals surface area (Å²) in [4.78, 5) is 4.20. The second kappa shape index (κ2) is 8.28. The monoisotopic (exact) mass is 269 g/mol. The summed E-state index contributed by atoms with van der Waals surface area (Å²) in [6, 6.07) is 3.45. The number of hydrogen-bond donors (Lipinski definition) is 2. The minimum absolute atomic E-state index is 0.0391. The van der Waals surface area contributed by atoms with Crippen LogP contribution in [0, 0.1) is 6.92 Å². The predicted molar refractivity (Wildman–Crippen MR) is 69.7 cm³/mol. The molecule has 0 aliphatic heterocycles. The molecule has 1 aromatic heterocycles. The Balaban J connectivity index is 2.54. The Labute approximate surface area is 112 Å². The van der Waals surface area contributed by atoms with E-state index < -0.39 is 0 Å². The number of pyridine rings is 1. The summed E-state index contributed by atoms with van der Waals surface area (Å²) in [5.41, 5.74) is 6.78. The molecular formula is C12H19N3O4. The number of ether oxygens (including phenoxy) is 3. The molecule has 7 nitrogen and oxygen atoms in total. The first kappa shape index (κ1) is 15.2. The van der Waals surface area contributed by atoms with Crippen molar-refractivity contribution >= 4 is 5.84 Å². The lowest BCUT2D eigenvalue weighted by Crippen LogP contribution is -2.17. The maximum Gasteiger partial charge on any atom is 0.224 e. The average Bonchev–Trinajstić information content (AvgIpc) is 2.42. The van der Waals surface area contributed by atoms with Crippen LogP contribution in [0.4, 0.5) is 0 Å². The van der Waals surface area contributed by atoms with Crippen LogP contribution in [-0.2, 0) is 9.47 Å². The largest absolute Gasteiger partial charge is 0.475 e. The number of amidine groups is 1. The molecule has 0 amide bonds. The van der Waals surface area contributed by atoms with Crippen LogP contribution >= 0.6 is 0 Å². The number of methoxy groups -OCH3 is 1. The van der Waals surface area contributed by atoms with Crippen molar-refractivity contribution in [2.45, 2.75) is 6.92 Å². The van der Waals surface area contributed by atoms with Crippen molar-refractivity contribution in [2.24, 2.45) is 10.9 Å². The zero-order chi connectivity index (χ0) is 14.1. The van der Waals surface area contributed by atoms with Gasteiger partial charge in [0.1, 0.15) is 6.61 Å². The van der Waals surface area contributed by atoms with E-state index in [0.717, 1.165) is 5.69 Å². The smallest absolute Gasteiger partial charge is 0.224 e. The van der Waals surface area contributed by atoms with Crippen molar-refractivity contribution < 1.29 is 19.4 Å². The Morgan fingerprint density at radius 1 is 1.32 bits per heavy atom. The van der Waals surface area contributed by atoms with Crippen LogP contribution in [0.15, 0.2) is 17.3 Å². The van der Waals surface area contributed by atoms with Crippen LogP contribution in [0.5, 0.6) is 5.88 Å². The zero-order valence-electron chi connectivity index (χ0n) is 11.1. The van der Waals surface area contributed by atoms with Crippen LogP contribution < -0.4 is 10.5 Å². The topological polar surface area (TPSA) is 99.2 Å². The highest BCUT2D eigenvalue weighted by Crippen LogP contribution is 2.15. The highest BCUT2D eigenvalue weighted by atomic mass is 16.5.